The number of alkyl halides is 14. The van der Waals surface area contributed by atoms with Crippen molar-refractivity contribution < 1.29 is 94.8 Å². The Morgan fingerprint density at radius 2 is 1.17 bits per heavy atom. The minimum absolute atomic E-state index is 0.661. The number of ether oxygens (including phenoxy) is 4. The maximum Gasteiger partial charge on any atom is 0.434 e. The van der Waals surface area contributed by atoms with Crippen molar-refractivity contribution in [3.05, 3.63) is 12.2 Å². The van der Waals surface area contributed by atoms with E-state index in [1.807, 2.05) is 0 Å². The second-order valence-electron chi connectivity index (χ2n) is 8.51. The summed E-state index contributed by atoms with van der Waals surface area (Å²) in [6.07, 6.45) is -37.4. The molecule has 21 heteroatoms. The molecule has 1 aliphatic rings. The molecular formula is C20H18F14O7. The maximum absolute atomic E-state index is 15.0. The normalized spacial score (nSPS) is 17.0. The lowest BCUT2D eigenvalue weighted by molar-refractivity contribution is -0.321. The van der Waals surface area contributed by atoms with Crippen LogP contribution in [0.2, 0.25) is 0 Å². The molecule has 0 atom stereocenters. The number of rotatable bonds is 11. The van der Waals surface area contributed by atoms with E-state index in [2.05, 4.69) is 20.8 Å². The third-order valence-corrected chi connectivity index (χ3v) is 5.40. The Morgan fingerprint density at radius 1 is 0.732 bits per heavy atom. The van der Waals surface area contributed by atoms with Crippen LogP contribution in [0.3, 0.4) is 0 Å². The van der Waals surface area contributed by atoms with Crippen LogP contribution in [0.4, 0.5) is 61.5 Å². The molecule has 0 aromatic carbocycles. The standard InChI is InChI=1S/C20H18F14O7/c1-9(7-40-12(17(23,24)25)18(26,27)28)11(36)39-8-10(35)6-15(2-4-38-5-3-15)16(21,22)14(37)41-13(19(29,30)31)20(32,33)34/h12-13H,1-8H2. The van der Waals surface area contributed by atoms with Gasteiger partial charge >= 0.3 is 42.6 Å². The minimum atomic E-state index is -6.34. The van der Waals surface area contributed by atoms with Crippen LogP contribution in [0, 0.1) is 5.41 Å². The van der Waals surface area contributed by atoms with Gasteiger partial charge in [-0.15, -0.1) is 0 Å². The Bertz CT molecular complexity index is 931. The summed E-state index contributed by atoms with van der Waals surface area (Å²) in [5.41, 5.74) is -4.20. The van der Waals surface area contributed by atoms with Crippen molar-refractivity contribution in [1.82, 2.24) is 0 Å². The fraction of sp³-hybridized carbons (Fsp3) is 0.750. The van der Waals surface area contributed by atoms with Crippen molar-refractivity contribution in [2.45, 2.75) is 62.1 Å². The molecule has 0 bridgehead atoms. The smallest absolute Gasteiger partial charge is 0.434 e. The summed E-state index contributed by atoms with van der Waals surface area (Å²) < 4.78 is 197. The monoisotopic (exact) mass is 636 g/mol. The van der Waals surface area contributed by atoms with Gasteiger partial charge in [0.1, 0.15) is 6.61 Å². The summed E-state index contributed by atoms with van der Waals surface area (Å²) >= 11 is 0. The maximum atomic E-state index is 15.0. The number of Topliss-reactive ketones (excluding diaryl/α,β-unsaturated/α-hetero) is 1. The number of halogens is 14. The summed E-state index contributed by atoms with van der Waals surface area (Å²) in [6.45, 7) is -1.77. The van der Waals surface area contributed by atoms with Crippen molar-refractivity contribution in [1.29, 1.82) is 0 Å². The number of esters is 2. The van der Waals surface area contributed by atoms with E-state index in [4.69, 9.17) is 4.74 Å². The van der Waals surface area contributed by atoms with E-state index in [0.29, 0.717) is 0 Å². The molecule has 0 aromatic rings. The van der Waals surface area contributed by atoms with Crippen LogP contribution in [0.25, 0.3) is 0 Å². The van der Waals surface area contributed by atoms with Gasteiger partial charge in [0, 0.05) is 19.6 Å². The Labute approximate surface area is 219 Å². The first-order chi connectivity index (χ1) is 18.3. The van der Waals surface area contributed by atoms with Crippen LogP contribution in [0.15, 0.2) is 12.2 Å². The summed E-state index contributed by atoms with van der Waals surface area (Å²) in [6, 6.07) is 0. The zero-order chi connectivity index (χ0) is 32.2. The third kappa shape index (κ3) is 9.67. The Balaban J connectivity index is 2.97. The highest BCUT2D eigenvalue weighted by Gasteiger charge is 2.66. The molecule has 0 saturated carbocycles. The van der Waals surface area contributed by atoms with Crippen molar-refractivity contribution in [2.24, 2.45) is 5.41 Å². The molecule has 0 amide bonds. The number of ketones is 1. The molecular weight excluding hydrogens is 618 g/mol. The van der Waals surface area contributed by atoms with Gasteiger partial charge in [0.2, 0.25) is 6.10 Å². The van der Waals surface area contributed by atoms with Gasteiger partial charge in [-0.3, -0.25) is 4.79 Å². The molecule has 0 aliphatic carbocycles. The van der Waals surface area contributed by atoms with Crippen LogP contribution in [-0.2, 0) is 33.3 Å². The Hall–Kier alpha value is -2.71. The van der Waals surface area contributed by atoms with Crippen LogP contribution in [0.5, 0.6) is 0 Å². The number of hydrogen-bond acceptors (Lipinski definition) is 7. The van der Waals surface area contributed by atoms with E-state index >= 15 is 8.78 Å². The topological polar surface area (TPSA) is 88.1 Å². The van der Waals surface area contributed by atoms with Gasteiger partial charge in [0.15, 0.2) is 5.78 Å². The van der Waals surface area contributed by atoms with Gasteiger partial charge in [-0.05, 0) is 12.8 Å². The van der Waals surface area contributed by atoms with Crippen molar-refractivity contribution in [3.8, 4) is 0 Å². The van der Waals surface area contributed by atoms with E-state index in [1.165, 1.54) is 0 Å². The number of hydrogen-bond donors (Lipinski definition) is 0. The summed E-state index contributed by atoms with van der Waals surface area (Å²) in [4.78, 5) is 35.9. The first-order valence-corrected chi connectivity index (χ1v) is 10.7. The van der Waals surface area contributed by atoms with E-state index in [1.54, 1.807) is 0 Å². The van der Waals surface area contributed by atoms with E-state index in [-0.39, 0.29) is 0 Å². The second kappa shape index (κ2) is 12.7. The molecule has 1 saturated heterocycles. The van der Waals surface area contributed by atoms with E-state index in [0.717, 1.165) is 0 Å². The first kappa shape index (κ1) is 36.3. The molecule has 41 heavy (non-hydrogen) atoms. The predicted molar refractivity (Wildman–Crippen MR) is 101 cm³/mol. The van der Waals surface area contributed by atoms with Gasteiger partial charge in [-0.2, -0.15) is 61.5 Å². The molecule has 0 N–H and O–H groups in total. The molecule has 0 aromatic heterocycles. The zero-order valence-electron chi connectivity index (χ0n) is 20.0. The van der Waals surface area contributed by atoms with Crippen LogP contribution >= 0.6 is 0 Å². The summed E-state index contributed by atoms with van der Waals surface area (Å²) in [7, 11) is 0. The van der Waals surface area contributed by atoms with Gasteiger partial charge in [-0.1, -0.05) is 6.58 Å². The average molecular weight is 636 g/mol. The lowest BCUT2D eigenvalue weighted by Crippen LogP contribution is -2.55. The molecule has 0 spiro atoms. The highest BCUT2D eigenvalue weighted by atomic mass is 19.4. The van der Waals surface area contributed by atoms with Crippen LogP contribution in [0.1, 0.15) is 19.3 Å². The molecule has 238 valence electrons. The molecule has 1 heterocycles. The van der Waals surface area contributed by atoms with Crippen LogP contribution in [-0.4, -0.2) is 87.0 Å². The quantitative estimate of drug-likeness (QED) is 0.179. The third-order valence-electron chi connectivity index (χ3n) is 5.40. The lowest BCUT2D eigenvalue weighted by atomic mass is 9.71. The SMILES string of the molecule is C=C(COC(C(F)(F)F)C(F)(F)F)C(=O)OCC(=O)CC1(C(F)(F)C(=O)OC(C(F)(F)F)C(F)(F)F)CCOCC1. The Kier molecular flexibility index (Phi) is 11.2. The van der Waals surface area contributed by atoms with E-state index in [9.17, 15) is 67.1 Å². The molecule has 1 rings (SSSR count). The lowest BCUT2D eigenvalue weighted by Gasteiger charge is -2.41. The zero-order valence-corrected chi connectivity index (χ0v) is 20.0. The number of carbonyl (C=O) groups excluding carboxylic acids is 3. The second-order valence-corrected chi connectivity index (χ2v) is 8.51. The highest BCUT2D eigenvalue weighted by molar-refractivity contribution is 5.91. The average Bonchev–Trinajstić information content (AvgIpc) is 2.77. The Morgan fingerprint density at radius 3 is 1.59 bits per heavy atom. The predicted octanol–water partition coefficient (Wildman–Crippen LogP) is 5.02. The van der Waals surface area contributed by atoms with Gasteiger partial charge in [-0.25, -0.2) is 9.59 Å². The number of carbonyl (C=O) groups is 3. The van der Waals surface area contributed by atoms with Gasteiger partial charge < -0.3 is 18.9 Å². The largest absolute Gasteiger partial charge is 0.454 e. The van der Waals surface area contributed by atoms with Gasteiger partial charge in [0.25, 0.3) is 6.10 Å². The van der Waals surface area contributed by atoms with Gasteiger partial charge in [0.05, 0.1) is 17.6 Å². The highest BCUT2D eigenvalue weighted by Crippen LogP contribution is 2.49. The molecule has 1 fully saturated rings. The minimum Gasteiger partial charge on any atom is -0.454 e. The molecule has 0 radical (unpaired) electrons. The summed E-state index contributed by atoms with van der Waals surface area (Å²) in [5, 5.41) is 0. The summed E-state index contributed by atoms with van der Waals surface area (Å²) in [5.74, 6) is -11.8. The molecule has 7 nitrogen and oxygen atoms in total. The van der Waals surface area contributed by atoms with Crippen LogP contribution < -0.4 is 0 Å². The fourth-order valence-corrected chi connectivity index (χ4v) is 3.37. The fourth-order valence-electron chi connectivity index (χ4n) is 3.37. The van der Waals surface area contributed by atoms with Crippen molar-refractivity contribution in [3.63, 3.8) is 0 Å². The first-order valence-electron chi connectivity index (χ1n) is 10.7. The molecule has 0 unspecified atom stereocenters. The van der Waals surface area contributed by atoms with Crippen molar-refractivity contribution >= 4 is 17.7 Å². The van der Waals surface area contributed by atoms with E-state index < -0.39 is 117 Å². The molecule has 1 aliphatic heterocycles. The van der Waals surface area contributed by atoms with Crippen molar-refractivity contribution in [2.75, 3.05) is 26.4 Å².